The molecule has 0 unspecified atom stereocenters. The van der Waals surface area contributed by atoms with Crippen LogP contribution in [-0.4, -0.2) is 33.9 Å². The van der Waals surface area contributed by atoms with Crippen LogP contribution in [0.25, 0.3) is 16.5 Å². The molecule has 0 amide bonds. The minimum atomic E-state index is 0.663. The van der Waals surface area contributed by atoms with Gasteiger partial charge in [-0.25, -0.2) is 9.50 Å². The Labute approximate surface area is 179 Å². The first-order chi connectivity index (χ1) is 15.1. The SMILES string of the molecule is Cc1ccc2c(Nc3cccc(N(C)C)c3)noc2c1C#Cc1cnn2cnccc12. The third-order valence-electron chi connectivity index (χ3n) is 5.13. The van der Waals surface area contributed by atoms with E-state index in [-0.39, 0.29) is 0 Å². The van der Waals surface area contributed by atoms with Crippen LogP contribution in [0.3, 0.4) is 0 Å². The number of aryl methyl sites for hydroxylation is 1. The number of benzene rings is 2. The highest BCUT2D eigenvalue weighted by Gasteiger charge is 2.14. The molecule has 0 aliphatic carbocycles. The fraction of sp³-hybridized carbons (Fsp3) is 0.125. The van der Waals surface area contributed by atoms with Crippen molar-refractivity contribution in [2.45, 2.75) is 6.92 Å². The van der Waals surface area contributed by atoms with Crippen LogP contribution in [-0.2, 0) is 0 Å². The van der Waals surface area contributed by atoms with E-state index in [0.717, 1.165) is 39.0 Å². The lowest BCUT2D eigenvalue weighted by Crippen LogP contribution is -2.08. The molecular formula is C24H20N6O. The van der Waals surface area contributed by atoms with Gasteiger partial charge in [0.25, 0.3) is 0 Å². The maximum absolute atomic E-state index is 5.71. The second kappa shape index (κ2) is 7.50. The van der Waals surface area contributed by atoms with Gasteiger partial charge in [0.2, 0.25) is 0 Å². The van der Waals surface area contributed by atoms with Gasteiger partial charge in [-0.3, -0.25) is 0 Å². The molecule has 0 saturated heterocycles. The van der Waals surface area contributed by atoms with Gasteiger partial charge in [0.15, 0.2) is 11.4 Å². The molecule has 31 heavy (non-hydrogen) atoms. The van der Waals surface area contributed by atoms with Crippen molar-refractivity contribution in [3.63, 3.8) is 0 Å². The summed E-state index contributed by atoms with van der Waals surface area (Å²) in [4.78, 5) is 6.13. The van der Waals surface area contributed by atoms with E-state index in [4.69, 9.17) is 4.52 Å². The number of nitrogens with zero attached hydrogens (tertiary/aromatic N) is 5. The van der Waals surface area contributed by atoms with E-state index in [1.807, 2.05) is 51.4 Å². The third-order valence-corrected chi connectivity index (χ3v) is 5.13. The lowest BCUT2D eigenvalue weighted by atomic mass is 10.1. The number of fused-ring (bicyclic) bond motifs is 2. The topological polar surface area (TPSA) is 71.5 Å². The largest absolute Gasteiger partial charge is 0.378 e. The molecule has 0 fully saturated rings. The molecule has 152 valence electrons. The second-order valence-electron chi connectivity index (χ2n) is 7.45. The van der Waals surface area contributed by atoms with E-state index in [0.29, 0.717) is 11.4 Å². The molecule has 1 N–H and O–H groups in total. The van der Waals surface area contributed by atoms with Gasteiger partial charge in [0, 0.05) is 31.7 Å². The number of hydrogen-bond donors (Lipinski definition) is 1. The number of aromatic nitrogens is 4. The molecule has 2 aromatic carbocycles. The molecular weight excluding hydrogens is 388 g/mol. The molecule has 5 aromatic rings. The summed E-state index contributed by atoms with van der Waals surface area (Å²) in [5.74, 6) is 7.14. The minimum Gasteiger partial charge on any atom is -0.378 e. The summed E-state index contributed by atoms with van der Waals surface area (Å²) in [6.45, 7) is 2.01. The Hall–Kier alpha value is -4.31. The Morgan fingerprint density at radius 1 is 1.10 bits per heavy atom. The fourth-order valence-corrected chi connectivity index (χ4v) is 3.42. The first-order valence-electron chi connectivity index (χ1n) is 9.83. The Balaban J connectivity index is 1.53. The molecule has 5 rings (SSSR count). The Bertz CT molecular complexity index is 1470. The lowest BCUT2D eigenvalue weighted by molar-refractivity contribution is 0.459. The van der Waals surface area contributed by atoms with Crippen molar-refractivity contribution in [2.24, 2.45) is 0 Å². The van der Waals surface area contributed by atoms with Gasteiger partial charge in [-0.15, -0.1) is 0 Å². The van der Waals surface area contributed by atoms with Gasteiger partial charge in [-0.2, -0.15) is 5.10 Å². The molecule has 7 heteroatoms. The molecule has 3 heterocycles. The molecule has 0 bridgehead atoms. The monoisotopic (exact) mass is 408 g/mol. The Morgan fingerprint density at radius 2 is 2.00 bits per heavy atom. The molecule has 0 atom stereocenters. The summed E-state index contributed by atoms with van der Waals surface area (Å²) in [6.07, 6.45) is 5.13. The summed E-state index contributed by atoms with van der Waals surface area (Å²) in [7, 11) is 4.03. The first kappa shape index (κ1) is 18.7. The van der Waals surface area contributed by atoms with Crippen molar-refractivity contribution in [1.82, 2.24) is 19.8 Å². The first-order valence-corrected chi connectivity index (χ1v) is 9.83. The highest BCUT2D eigenvalue weighted by molar-refractivity contribution is 5.94. The van der Waals surface area contributed by atoms with Gasteiger partial charge < -0.3 is 14.7 Å². The van der Waals surface area contributed by atoms with Gasteiger partial charge in [0.05, 0.1) is 28.2 Å². The van der Waals surface area contributed by atoms with Crippen LogP contribution < -0.4 is 10.2 Å². The lowest BCUT2D eigenvalue weighted by Gasteiger charge is -2.13. The Kier molecular flexibility index (Phi) is 4.53. The summed E-state index contributed by atoms with van der Waals surface area (Å²) in [5, 5.41) is 12.8. The van der Waals surface area contributed by atoms with Crippen molar-refractivity contribution in [1.29, 1.82) is 0 Å². The highest BCUT2D eigenvalue weighted by atomic mass is 16.5. The zero-order valence-electron chi connectivity index (χ0n) is 17.4. The molecule has 0 spiro atoms. The van der Waals surface area contributed by atoms with Crippen LogP contribution in [0.4, 0.5) is 17.2 Å². The smallest absolute Gasteiger partial charge is 0.184 e. The van der Waals surface area contributed by atoms with Crippen molar-refractivity contribution in [3.05, 3.63) is 77.9 Å². The number of rotatable bonds is 3. The maximum Gasteiger partial charge on any atom is 0.184 e. The maximum atomic E-state index is 5.71. The normalized spacial score (nSPS) is 10.8. The summed E-state index contributed by atoms with van der Waals surface area (Å²) in [6, 6.07) is 14.1. The highest BCUT2D eigenvalue weighted by Crippen LogP contribution is 2.30. The van der Waals surface area contributed by atoms with Crippen LogP contribution in [0, 0.1) is 18.8 Å². The molecule has 3 aromatic heterocycles. The third kappa shape index (κ3) is 3.45. The van der Waals surface area contributed by atoms with Crippen LogP contribution in [0.5, 0.6) is 0 Å². The average molecular weight is 408 g/mol. The summed E-state index contributed by atoms with van der Waals surface area (Å²) >= 11 is 0. The standard InChI is InChI=1S/C24H20N6O/c1-16-7-9-21-23(20(16)10-8-17-14-26-30-15-25-12-11-22(17)30)31-28-24(21)27-18-5-4-6-19(13-18)29(2)3/h4-7,9,11-15H,1-3H3,(H,27,28). The van der Waals surface area contributed by atoms with Crippen LogP contribution in [0.2, 0.25) is 0 Å². The molecule has 0 radical (unpaired) electrons. The summed E-state index contributed by atoms with van der Waals surface area (Å²) < 4.78 is 7.42. The van der Waals surface area contributed by atoms with Gasteiger partial charge in [-0.1, -0.05) is 29.1 Å². The van der Waals surface area contributed by atoms with Crippen LogP contribution in [0.1, 0.15) is 16.7 Å². The van der Waals surface area contributed by atoms with Crippen molar-refractivity contribution >= 4 is 33.7 Å². The molecule has 0 aliphatic rings. The van der Waals surface area contributed by atoms with E-state index in [9.17, 15) is 0 Å². The van der Waals surface area contributed by atoms with Crippen LogP contribution >= 0.6 is 0 Å². The van der Waals surface area contributed by atoms with E-state index in [2.05, 4.69) is 49.4 Å². The number of hydrogen-bond acceptors (Lipinski definition) is 6. The molecule has 0 aliphatic heterocycles. The van der Waals surface area contributed by atoms with Crippen molar-refractivity contribution in [2.75, 3.05) is 24.3 Å². The van der Waals surface area contributed by atoms with Crippen molar-refractivity contribution < 1.29 is 4.52 Å². The average Bonchev–Trinajstić information content (AvgIpc) is 3.37. The molecule has 0 saturated carbocycles. The fourth-order valence-electron chi connectivity index (χ4n) is 3.42. The zero-order valence-corrected chi connectivity index (χ0v) is 17.4. The van der Waals surface area contributed by atoms with E-state index in [1.165, 1.54) is 0 Å². The minimum absolute atomic E-state index is 0.663. The summed E-state index contributed by atoms with van der Waals surface area (Å²) in [5.41, 5.74) is 6.28. The predicted molar refractivity (Wildman–Crippen MR) is 122 cm³/mol. The second-order valence-corrected chi connectivity index (χ2v) is 7.45. The van der Waals surface area contributed by atoms with Crippen molar-refractivity contribution in [3.8, 4) is 11.8 Å². The quantitative estimate of drug-likeness (QED) is 0.447. The van der Waals surface area contributed by atoms with E-state index >= 15 is 0 Å². The van der Waals surface area contributed by atoms with E-state index < -0.39 is 0 Å². The van der Waals surface area contributed by atoms with Gasteiger partial charge in [0.1, 0.15) is 6.33 Å². The number of nitrogens with one attached hydrogen (secondary N) is 1. The van der Waals surface area contributed by atoms with E-state index in [1.54, 1.807) is 23.2 Å². The zero-order chi connectivity index (χ0) is 21.4. The Morgan fingerprint density at radius 3 is 2.87 bits per heavy atom. The van der Waals surface area contributed by atoms with Gasteiger partial charge >= 0.3 is 0 Å². The van der Waals surface area contributed by atoms with Gasteiger partial charge in [-0.05, 0) is 42.8 Å². The molecule has 7 nitrogen and oxygen atoms in total. The predicted octanol–water partition coefficient (Wildman–Crippen LogP) is 4.39. The van der Waals surface area contributed by atoms with Crippen LogP contribution in [0.15, 0.2) is 65.7 Å². The number of anilines is 3.